The Kier molecular flexibility index (Phi) is 10.1. The Hall–Kier alpha value is -2.40. The van der Waals surface area contributed by atoms with Crippen LogP contribution in [0.4, 0.5) is 5.69 Å². The summed E-state index contributed by atoms with van der Waals surface area (Å²) in [7, 11) is 0. The molecule has 27 heavy (non-hydrogen) atoms. The van der Waals surface area contributed by atoms with Crippen LogP contribution in [0.15, 0.2) is 42.5 Å². The second-order valence-electron chi connectivity index (χ2n) is 5.95. The summed E-state index contributed by atoms with van der Waals surface area (Å²) >= 11 is 0. The first-order valence-corrected chi connectivity index (χ1v) is 9.12. The van der Waals surface area contributed by atoms with Crippen molar-refractivity contribution in [2.24, 2.45) is 0 Å². The molecule has 0 radical (unpaired) electrons. The van der Waals surface area contributed by atoms with Crippen molar-refractivity contribution in [2.75, 3.05) is 25.5 Å². The minimum atomic E-state index is 0. The molecule has 0 unspecified atom stereocenters. The van der Waals surface area contributed by atoms with Crippen molar-refractivity contribution >= 4 is 24.0 Å². The van der Waals surface area contributed by atoms with Gasteiger partial charge >= 0.3 is 0 Å². The highest BCUT2D eigenvalue weighted by Gasteiger charge is 2.07. The standard InChI is InChI=1S/C21H28N2O3.ClH/c1-3-25-19-11-9-16(15-20(19)26-4-2)13-14-23-21(24)12-10-17-7-5-6-8-18(17)22;/h5-9,11,15H,3-4,10,12-14,22H2,1-2H3,(H,23,24);1H. The molecule has 6 heteroatoms. The maximum absolute atomic E-state index is 12.0. The van der Waals surface area contributed by atoms with Crippen LogP contribution in [0.3, 0.4) is 0 Å². The number of amides is 1. The molecule has 0 heterocycles. The van der Waals surface area contributed by atoms with E-state index >= 15 is 0 Å². The lowest BCUT2D eigenvalue weighted by molar-refractivity contribution is -0.121. The van der Waals surface area contributed by atoms with E-state index in [0.29, 0.717) is 32.6 Å². The van der Waals surface area contributed by atoms with E-state index < -0.39 is 0 Å². The second-order valence-corrected chi connectivity index (χ2v) is 5.95. The molecule has 0 aliphatic carbocycles. The molecule has 0 aliphatic rings. The summed E-state index contributed by atoms with van der Waals surface area (Å²) in [6.45, 7) is 5.66. The highest BCUT2D eigenvalue weighted by atomic mass is 35.5. The lowest BCUT2D eigenvalue weighted by Crippen LogP contribution is -2.26. The molecule has 0 saturated carbocycles. The fourth-order valence-electron chi connectivity index (χ4n) is 2.70. The maximum atomic E-state index is 12.0. The van der Waals surface area contributed by atoms with Crippen molar-refractivity contribution in [3.05, 3.63) is 53.6 Å². The van der Waals surface area contributed by atoms with Gasteiger partial charge in [-0.2, -0.15) is 0 Å². The van der Waals surface area contributed by atoms with Crippen molar-refractivity contribution < 1.29 is 14.3 Å². The monoisotopic (exact) mass is 392 g/mol. The summed E-state index contributed by atoms with van der Waals surface area (Å²) < 4.78 is 11.2. The third-order valence-electron chi connectivity index (χ3n) is 4.02. The molecule has 1 amide bonds. The number of carbonyl (C=O) groups excluding carboxylic acids is 1. The van der Waals surface area contributed by atoms with Gasteiger partial charge in [-0.1, -0.05) is 24.3 Å². The fourth-order valence-corrected chi connectivity index (χ4v) is 2.70. The first-order valence-electron chi connectivity index (χ1n) is 9.12. The van der Waals surface area contributed by atoms with Crippen LogP contribution in [-0.2, 0) is 17.6 Å². The summed E-state index contributed by atoms with van der Waals surface area (Å²) in [6.07, 6.45) is 1.82. The molecule has 0 spiro atoms. The van der Waals surface area contributed by atoms with Crippen molar-refractivity contribution in [2.45, 2.75) is 33.1 Å². The van der Waals surface area contributed by atoms with Crippen LogP contribution >= 0.6 is 12.4 Å². The Morgan fingerprint density at radius 1 is 1.00 bits per heavy atom. The zero-order chi connectivity index (χ0) is 18.8. The number of hydrogen-bond acceptors (Lipinski definition) is 4. The number of benzene rings is 2. The van der Waals surface area contributed by atoms with Gasteiger partial charge in [0, 0.05) is 18.7 Å². The van der Waals surface area contributed by atoms with Gasteiger partial charge in [0.15, 0.2) is 11.5 Å². The molecule has 0 bridgehead atoms. The first kappa shape index (κ1) is 22.6. The Balaban J connectivity index is 0.00000364. The molecule has 2 aromatic rings. The van der Waals surface area contributed by atoms with E-state index in [9.17, 15) is 4.79 Å². The highest BCUT2D eigenvalue weighted by molar-refractivity contribution is 5.85. The molecule has 0 atom stereocenters. The highest BCUT2D eigenvalue weighted by Crippen LogP contribution is 2.28. The molecular formula is C21H29ClN2O3. The van der Waals surface area contributed by atoms with Gasteiger partial charge in [0.1, 0.15) is 0 Å². The van der Waals surface area contributed by atoms with E-state index in [-0.39, 0.29) is 18.3 Å². The Morgan fingerprint density at radius 2 is 1.70 bits per heavy atom. The molecule has 0 aromatic heterocycles. The number of anilines is 1. The van der Waals surface area contributed by atoms with Gasteiger partial charge in [0.25, 0.3) is 0 Å². The van der Waals surface area contributed by atoms with Gasteiger partial charge in [-0.15, -0.1) is 12.4 Å². The average molecular weight is 393 g/mol. The van der Waals surface area contributed by atoms with E-state index in [1.54, 1.807) is 0 Å². The lowest BCUT2D eigenvalue weighted by atomic mass is 10.1. The summed E-state index contributed by atoms with van der Waals surface area (Å²) in [6, 6.07) is 13.5. The van der Waals surface area contributed by atoms with E-state index in [2.05, 4.69) is 5.32 Å². The Morgan fingerprint density at radius 3 is 2.41 bits per heavy atom. The number of para-hydroxylation sites is 1. The summed E-state index contributed by atoms with van der Waals surface area (Å²) in [4.78, 5) is 12.0. The van der Waals surface area contributed by atoms with Gasteiger partial charge in [-0.25, -0.2) is 0 Å². The maximum Gasteiger partial charge on any atom is 0.220 e. The van der Waals surface area contributed by atoms with Crippen molar-refractivity contribution in [3.63, 3.8) is 0 Å². The molecule has 3 N–H and O–H groups in total. The second kappa shape index (κ2) is 12.1. The largest absolute Gasteiger partial charge is 0.490 e. The summed E-state index contributed by atoms with van der Waals surface area (Å²) in [5.41, 5.74) is 8.75. The lowest BCUT2D eigenvalue weighted by Gasteiger charge is -2.12. The minimum absolute atomic E-state index is 0. The van der Waals surface area contributed by atoms with Crippen molar-refractivity contribution in [1.82, 2.24) is 5.32 Å². The van der Waals surface area contributed by atoms with Crippen LogP contribution in [0.5, 0.6) is 11.5 Å². The van der Waals surface area contributed by atoms with Crippen LogP contribution in [0.1, 0.15) is 31.4 Å². The molecule has 2 rings (SSSR count). The number of halogens is 1. The molecule has 2 aromatic carbocycles. The number of rotatable bonds is 10. The molecule has 148 valence electrons. The minimum Gasteiger partial charge on any atom is -0.490 e. The topological polar surface area (TPSA) is 73.6 Å². The number of nitrogens with one attached hydrogen (secondary N) is 1. The smallest absolute Gasteiger partial charge is 0.220 e. The van der Waals surface area contributed by atoms with Gasteiger partial charge < -0.3 is 20.5 Å². The SMILES string of the molecule is CCOc1ccc(CCNC(=O)CCc2ccccc2N)cc1OCC.Cl. The number of nitrogen functional groups attached to an aromatic ring is 1. The summed E-state index contributed by atoms with van der Waals surface area (Å²) in [5.74, 6) is 1.53. The number of hydrogen-bond donors (Lipinski definition) is 2. The number of carbonyl (C=O) groups is 1. The quantitative estimate of drug-likeness (QED) is 0.603. The van der Waals surface area contributed by atoms with E-state index in [4.69, 9.17) is 15.2 Å². The van der Waals surface area contributed by atoms with Crippen LogP contribution in [0, 0.1) is 0 Å². The first-order chi connectivity index (χ1) is 12.6. The average Bonchev–Trinajstić information content (AvgIpc) is 2.63. The normalized spacial score (nSPS) is 10.0. The van der Waals surface area contributed by atoms with Crippen molar-refractivity contribution in [3.8, 4) is 11.5 Å². The van der Waals surface area contributed by atoms with Gasteiger partial charge in [-0.05, 0) is 56.0 Å². The predicted octanol–water partition coefficient (Wildman–Crippen LogP) is 3.78. The van der Waals surface area contributed by atoms with E-state index in [1.807, 2.05) is 56.3 Å². The van der Waals surface area contributed by atoms with Crippen LogP contribution in [-0.4, -0.2) is 25.7 Å². The van der Waals surface area contributed by atoms with Crippen LogP contribution in [0.2, 0.25) is 0 Å². The predicted molar refractivity (Wildman–Crippen MR) is 112 cm³/mol. The molecule has 0 fully saturated rings. The van der Waals surface area contributed by atoms with Crippen LogP contribution < -0.4 is 20.5 Å². The molecule has 0 aliphatic heterocycles. The van der Waals surface area contributed by atoms with E-state index in [0.717, 1.165) is 34.7 Å². The summed E-state index contributed by atoms with van der Waals surface area (Å²) in [5, 5.41) is 2.96. The third-order valence-corrected chi connectivity index (χ3v) is 4.02. The molecule has 0 saturated heterocycles. The number of ether oxygens (including phenoxy) is 2. The molecular weight excluding hydrogens is 364 g/mol. The third kappa shape index (κ3) is 7.39. The van der Waals surface area contributed by atoms with Gasteiger partial charge in [-0.3, -0.25) is 4.79 Å². The zero-order valence-corrected chi connectivity index (χ0v) is 16.8. The fraction of sp³-hybridized carbons (Fsp3) is 0.381. The molecule has 5 nitrogen and oxygen atoms in total. The van der Waals surface area contributed by atoms with E-state index in [1.165, 1.54) is 0 Å². The van der Waals surface area contributed by atoms with Crippen LogP contribution in [0.25, 0.3) is 0 Å². The number of aryl methyl sites for hydroxylation is 1. The Bertz CT molecular complexity index is 722. The van der Waals surface area contributed by atoms with Crippen molar-refractivity contribution in [1.29, 1.82) is 0 Å². The van der Waals surface area contributed by atoms with Gasteiger partial charge in [0.05, 0.1) is 13.2 Å². The number of nitrogens with two attached hydrogens (primary N) is 1. The Labute approximate surface area is 167 Å². The van der Waals surface area contributed by atoms with Gasteiger partial charge in [0.2, 0.25) is 5.91 Å². The zero-order valence-electron chi connectivity index (χ0n) is 16.0.